The molecule has 6 heterocycles. The zero-order valence-electron chi connectivity index (χ0n) is 26.6. The first-order valence-corrected chi connectivity index (χ1v) is 18.4. The third kappa shape index (κ3) is 6.22. The molecule has 1 aromatic carbocycles. The van der Waals surface area contributed by atoms with Crippen molar-refractivity contribution in [3.05, 3.63) is 64.5 Å². The van der Waals surface area contributed by atoms with Gasteiger partial charge in [0.2, 0.25) is 15.9 Å². The van der Waals surface area contributed by atoms with E-state index in [1.54, 1.807) is 21.6 Å². The maximum Gasteiger partial charge on any atom is 0.222 e. The number of fused-ring (bicyclic) bond motifs is 1. The number of carbonyl (C=O) groups excluding carboxylic acids is 1. The minimum Gasteiger partial charge on any atom is -0.486 e. The fraction of sp³-hybridized carbons (Fsp3) is 0.455. The Morgan fingerprint density at radius 1 is 1.08 bits per heavy atom. The summed E-state index contributed by atoms with van der Waals surface area (Å²) < 4.78 is 34.6. The van der Waals surface area contributed by atoms with Gasteiger partial charge in [0, 0.05) is 86.2 Å². The second-order valence-corrected chi connectivity index (χ2v) is 16.1. The van der Waals surface area contributed by atoms with Crippen molar-refractivity contribution in [2.24, 2.45) is 11.1 Å². The van der Waals surface area contributed by atoms with E-state index in [0.29, 0.717) is 79.8 Å². The number of nitrogens with two attached hydrogens (primary N) is 1. The van der Waals surface area contributed by atoms with Gasteiger partial charge in [-0.05, 0) is 63.1 Å². The van der Waals surface area contributed by atoms with Crippen LogP contribution in [0, 0.1) is 5.41 Å². The summed E-state index contributed by atoms with van der Waals surface area (Å²) in [5, 5.41) is 8.99. The molecule has 3 fully saturated rings. The molecular weight excluding hydrogens is 675 g/mol. The first-order valence-electron chi connectivity index (χ1n) is 16.2. The van der Waals surface area contributed by atoms with Gasteiger partial charge in [-0.1, -0.05) is 23.2 Å². The lowest BCUT2D eigenvalue weighted by molar-refractivity contribution is -0.132. The number of pyridine rings is 2. The Hall–Kier alpha value is -3.49. The SMILES string of the molecule is C[C@@H](Oc1ccc2[nH]nc(-c3ccc(N4CC5(C4)CN(S(=O)(=O)C4CCN(C(=O)CCCN)CC4)C5)nc3)c2c1)c1c(Cl)cncc1Cl. The van der Waals surface area contributed by atoms with Crippen LogP contribution in [0.25, 0.3) is 22.2 Å². The third-order valence-electron chi connectivity index (χ3n) is 9.74. The zero-order chi connectivity index (χ0) is 33.6. The number of likely N-dealkylation sites (tertiary alicyclic amines) is 1. The Morgan fingerprint density at radius 3 is 2.48 bits per heavy atom. The van der Waals surface area contributed by atoms with Crippen LogP contribution in [0.2, 0.25) is 10.0 Å². The van der Waals surface area contributed by atoms with E-state index in [0.717, 1.165) is 41.1 Å². The maximum atomic E-state index is 13.4. The van der Waals surface area contributed by atoms with Gasteiger partial charge in [0.25, 0.3) is 0 Å². The van der Waals surface area contributed by atoms with E-state index in [9.17, 15) is 13.2 Å². The summed E-state index contributed by atoms with van der Waals surface area (Å²) in [6, 6.07) is 9.70. The number of sulfonamides is 1. The van der Waals surface area contributed by atoms with Crippen molar-refractivity contribution in [1.82, 2.24) is 29.4 Å². The smallest absolute Gasteiger partial charge is 0.222 e. The number of nitrogens with zero attached hydrogens (tertiary/aromatic N) is 6. The molecule has 3 aliphatic heterocycles. The summed E-state index contributed by atoms with van der Waals surface area (Å²) >= 11 is 12.7. The van der Waals surface area contributed by atoms with Gasteiger partial charge in [0.1, 0.15) is 23.4 Å². The number of aromatic amines is 1. The van der Waals surface area contributed by atoms with Crippen molar-refractivity contribution >= 4 is 55.9 Å². The first kappa shape index (κ1) is 33.0. The number of benzene rings is 1. The lowest BCUT2D eigenvalue weighted by atomic mass is 9.74. The van der Waals surface area contributed by atoms with Gasteiger partial charge in [0.15, 0.2) is 0 Å². The summed E-state index contributed by atoms with van der Waals surface area (Å²) in [6.45, 7) is 5.92. The zero-order valence-corrected chi connectivity index (χ0v) is 28.9. The molecule has 15 heteroatoms. The van der Waals surface area contributed by atoms with Gasteiger partial charge in [0.05, 0.1) is 20.8 Å². The second kappa shape index (κ2) is 13.1. The summed E-state index contributed by atoms with van der Waals surface area (Å²) in [6.07, 6.45) is 6.55. The van der Waals surface area contributed by atoms with Crippen molar-refractivity contribution < 1.29 is 17.9 Å². The van der Waals surface area contributed by atoms with Crippen LogP contribution in [0.3, 0.4) is 0 Å². The number of carbonyl (C=O) groups is 1. The molecule has 0 unspecified atom stereocenters. The van der Waals surface area contributed by atoms with Crippen LogP contribution in [-0.2, 0) is 14.8 Å². The Balaban J connectivity index is 0.945. The molecule has 0 bridgehead atoms. The van der Waals surface area contributed by atoms with Gasteiger partial charge in [-0.3, -0.25) is 14.9 Å². The average molecular weight is 714 g/mol. The van der Waals surface area contributed by atoms with Crippen LogP contribution in [-0.4, -0.2) is 94.8 Å². The highest BCUT2D eigenvalue weighted by Crippen LogP contribution is 2.44. The molecule has 1 atom stereocenters. The predicted octanol–water partition coefficient (Wildman–Crippen LogP) is 4.65. The number of ether oxygens (including phenoxy) is 1. The second-order valence-electron chi connectivity index (χ2n) is 13.1. The Morgan fingerprint density at radius 2 is 1.81 bits per heavy atom. The first-order chi connectivity index (χ1) is 23.1. The molecule has 3 saturated heterocycles. The Bertz CT molecular complexity index is 1900. The molecule has 3 N–H and O–H groups in total. The molecule has 254 valence electrons. The largest absolute Gasteiger partial charge is 0.486 e. The number of rotatable bonds is 10. The van der Waals surface area contributed by atoms with E-state index < -0.39 is 21.4 Å². The number of amides is 1. The average Bonchev–Trinajstić information content (AvgIpc) is 3.46. The normalized spacial score (nSPS) is 18.9. The van der Waals surface area contributed by atoms with E-state index >= 15 is 0 Å². The number of nitrogens with one attached hydrogen (secondary N) is 1. The number of piperidine rings is 1. The Labute approximate surface area is 289 Å². The molecule has 1 spiro atoms. The molecule has 0 aliphatic carbocycles. The number of anilines is 1. The number of H-pyrrole nitrogens is 1. The minimum atomic E-state index is -3.39. The highest BCUT2D eigenvalue weighted by Gasteiger charge is 2.56. The molecule has 7 rings (SSSR count). The quantitative estimate of drug-likeness (QED) is 0.240. The van der Waals surface area contributed by atoms with E-state index in [2.05, 4.69) is 20.1 Å². The van der Waals surface area contributed by atoms with Crippen molar-refractivity contribution in [2.75, 3.05) is 50.7 Å². The molecule has 48 heavy (non-hydrogen) atoms. The number of hydrogen-bond acceptors (Lipinski definition) is 9. The van der Waals surface area contributed by atoms with Crippen LogP contribution in [0.4, 0.5) is 5.82 Å². The summed E-state index contributed by atoms with van der Waals surface area (Å²) in [4.78, 5) is 25.0. The van der Waals surface area contributed by atoms with E-state index in [1.165, 1.54) is 0 Å². The number of hydrogen-bond donors (Lipinski definition) is 2. The minimum absolute atomic E-state index is 0.0387. The maximum absolute atomic E-state index is 13.4. The highest BCUT2D eigenvalue weighted by atomic mass is 35.5. The van der Waals surface area contributed by atoms with Gasteiger partial charge in [-0.25, -0.2) is 17.7 Å². The van der Waals surface area contributed by atoms with Crippen molar-refractivity contribution in [1.29, 1.82) is 0 Å². The molecule has 0 saturated carbocycles. The summed E-state index contributed by atoms with van der Waals surface area (Å²) in [5.41, 5.74) is 8.64. The van der Waals surface area contributed by atoms with Crippen LogP contribution in [0.15, 0.2) is 48.9 Å². The lowest BCUT2D eigenvalue weighted by Crippen LogP contribution is -2.73. The van der Waals surface area contributed by atoms with Crippen molar-refractivity contribution in [3.8, 4) is 17.0 Å². The number of halogens is 2. The topological polar surface area (TPSA) is 151 Å². The summed E-state index contributed by atoms with van der Waals surface area (Å²) in [7, 11) is -3.39. The molecule has 4 aromatic rings. The molecule has 3 aromatic heterocycles. The fourth-order valence-electron chi connectivity index (χ4n) is 7.10. The van der Waals surface area contributed by atoms with E-state index in [4.69, 9.17) is 38.7 Å². The highest BCUT2D eigenvalue weighted by molar-refractivity contribution is 7.89. The fourth-order valence-corrected chi connectivity index (χ4v) is 9.91. The van der Waals surface area contributed by atoms with Crippen LogP contribution in [0.5, 0.6) is 5.75 Å². The predicted molar refractivity (Wildman–Crippen MR) is 186 cm³/mol. The third-order valence-corrected chi connectivity index (χ3v) is 12.6. The standard InChI is InChI=1S/C33H38Cl2N8O4S/c1-21(31-26(34)15-37-16-27(31)35)47-23-5-6-28-25(13-23)32(40-39-28)22-4-7-29(38-14-22)42-17-33(18-42)19-43(20-33)48(45,46)24-8-11-41(12-9-24)30(44)3-2-10-36/h4-7,13-16,21,24H,2-3,8-12,17-20,36H2,1H3,(H,39,40)/t21-/m1/s1. The van der Waals surface area contributed by atoms with E-state index in [1.807, 2.05) is 43.5 Å². The Kier molecular flexibility index (Phi) is 9.01. The summed E-state index contributed by atoms with van der Waals surface area (Å²) in [5.74, 6) is 1.56. The van der Waals surface area contributed by atoms with Gasteiger partial charge >= 0.3 is 0 Å². The van der Waals surface area contributed by atoms with Crippen molar-refractivity contribution in [2.45, 2.75) is 44.0 Å². The number of aromatic nitrogens is 4. The monoisotopic (exact) mass is 712 g/mol. The van der Waals surface area contributed by atoms with Crippen LogP contribution in [0.1, 0.15) is 44.3 Å². The van der Waals surface area contributed by atoms with Gasteiger partial charge in [-0.15, -0.1) is 0 Å². The molecule has 0 radical (unpaired) electrons. The lowest BCUT2D eigenvalue weighted by Gasteiger charge is -2.60. The molecule has 12 nitrogen and oxygen atoms in total. The van der Waals surface area contributed by atoms with Crippen LogP contribution < -0.4 is 15.4 Å². The van der Waals surface area contributed by atoms with E-state index in [-0.39, 0.29) is 11.3 Å². The molecule has 1 amide bonds. The van der Waals surface area contributed by atoms with Gasteiger partial charge in [-0.2, -0.15) is 5.10 Å². The van der Waals surface area contributed by atoms with Gasteiger partial charge < -0.3 is 20.3 Å². The molecular formula is C33H38Cl2N8O4S. The van der Waals surface area contributed by atoms with Crippen LogP contribution >= 0.6 is 23.2 Å². The van der Waals surface area contributed by atoms with Crippen molar-refractivity contribution in [3.63, 3.8) is 0 Å². The molecule has 3 aliphatic rings.